The summed E-state index contributed by atoms with van der Waals surface area (Å²) in [6.45, 7) is 0. The Morgan fingerprint density at radius 1 is 0.917 bits per heavy atom. The molecular weight excluding hydrogens is 224 g/mol. The summed E-state index contributed by atoms with van der Waals surface area (Å²) in [6, 6.07) is 0. The summed E-state index contributed by atoms with van der Waals surface area (Å²) < 4.78 is 0.775. The van der Waals surface area contributed by atoms with Crippen molar-refractivity contribution in [3.63, 3.8) is 0 Å². The fourth-order valence-electron chi connectivity index (χ4n) is 1.53. The monoisotopic (exact) mass is 239 g/mol. The van der Waals surface area contributed by atoms with Gasteiger partial charge in [0.2, 0.25) is 0 Å². The van der Waals surface area contributed by atoms with Crippen molar-refractivity contribution in [2.45, 2.75) is 14.6 Å². The highest BCUT2D eigenvalue weighted by molar-refractivity contribution is 8.25. The lowest BCUT2D eigenvalue weighted by atomic mass is 9.96. The Labute approximate surface area is 92.8 Å². The zero-order chi connectivity index (χ0) is 9.24. The summed E-state index contributed by atoms with van der Waals surface area (Å²) in [7, 11) is 0. The van der Waals surface area contributed by atoms with Gasteiger partial charge in [0.1, 0.15) is 0 Å². The standard InChI is InChI=1S/C8H15S4/c1-9-7(10-2)5-6-8(7,11-3)12-4/h5H,6H2,1-4H3. The Hall–Kier alpha value is 1.40. The maximum Gasteiger partial charge on any atom is 0.0874 e. The minimum atomic E-state index is 0.353. The van der Waals surface area contributed by atoms with E-state index in [-0.39, 0.29) is 0 Å². The molecule has 1 saturated carbocycles. The molecule has 0 saturated heterocycles. The Balaban J connectivity index is 2.77. The molecule has 0 aromatic carbocycles. The first-order chi connectivity index (χ1) is 5.70. The molecular formula is C8H15S4. The van der Waals surface area contributed by atoms with Crippen molar-refractivity contribution in [1.82, 2.24) is 0 Å². The zero-order valence-electron chi connectivity index (χ0n) is 7.92. The summed E-state index contributed by atoms with van der Waals surface area (Å²) in [5.41, 5.74) is 0. The van der Waals surface area contributed by atoms with E-state index in [1.807, 2.05) is 47.0 Å². The lowest BCUT2D eigenvalue weighted by Gasteiger charge is -2.55. The van der Waals surface area contributed by atoms with Gasteiger partial charge in [-0.25, -0.2) is 0 Å². The van der Waals surface area contributed by atoms with Crippen LogP contribution >= 0.6 is 47.0 Å². The van der Waals surface area contributed by atoms with Crippen LogP contribution in [-0.2, 0) is 0 Å². The van der Waals surface area contributed by atoms with Gasteiger partial charge in [0, 0.05) is 0 Å². The second-order valence-corrected chi connectivity index (χ2v) is 7.48. The molecule has 4 heteroatoms. The number of hydrogen-bond donors (Lipinski definition) is 0. The minimum Gasteiger partial charge on any atom is -0.145 e. The average Bonchev–Trinajstić information content (AvgIpc) is 2.08. The first kappa shape index (κ1) is 11.5. The Kier molecular flexibility index (Phi) is 4.09. The van der Waals surface area contributed by atoms with Crippen LogP contribution in [0, 0.1) is 6.42 Å². The molecule has 0 amide bonds. The second-order valence-electron chi connectivity index (χ2n) is 2.65. The number of hydrogen-bond acceptors (Lipinski definition) is 4. The molecule has 1 aliphatic carbocycles. The first-order valence-electron chi connectivity index (χ1n) is 3.75. The van der Waals surface area contributed by atoms with Gasteiger partial charge in [-0.05, 0) is 37.9 Å². The highest BCUT2D eigenvalue weighted by Gasteiger charge is 2.58. The van der Waals surface area contributed by atoms with E-state index in [1.165, 1.54) is 6.42 Å². The molecule has 0 atom stereocenters. The van der Waals surface area contributed by atoms with Crippen molar-refractivity contribution in [1.29, 1.82) is 0 Å². The third-order valence-electron chi connectivity index (χ3n) is 2.44. The fraction of sp³-hybridized carbons (Fsp3) is 0.875. The molecule has 1 aliphatic rings. The number of rotatable bonds is 4. The largest absolute Gasteiger partial charge is 0.145 e. The Morgan fingerprint density at radius 2 is 1.42 bits per heavy atom. The topological polar surface area (TPSA) is 0 Å². The minimum absolute atomic E-state index is 0.353. The SMILES string of the molecule is CSC1(SC)[CH]CC1(SC)SC. The van der Waals surface area contributed by atoms with Crippen LogP contribution in [0.2, 0.25) is 0 Å². The lowest BCUT2D eigenvalue weighted by Crippen LogP contribution is -2.54. The average molecular weight is 239 g/mol. The molecule has 71 valence electrons. The molecule has 0 heterocycles. The van der Waals surface area contributed by atoms with Crippen LogP contribution in [0.4, 0.5) is 0 Å². The molecule has 12 heavy (non-hydrogen) atoms. The molecule has 1 fully saturated rings. The van der Waals surface area contributed by atoms with Crippen molar-refractivity contribution in [2.75, 3.05) is 25.0 Å². The van der Waals surface area contributed by atoms with Crippen molar-refractivity contribution >= 4 is 47.0 Å². The summed E-state index contributed by atoms with van der Waals surface area (Å²) in [4.78, 5) is 0. The van der Waals surface area contributed by atoms with Crippen LogP contribution in [-0.4, -0.2) is 33.2 Å². The van der Waals surface area contributed by atoms with Crippen LogP contribution in [0.25, 0.3) is 0 Å². The molecule has 1 radical (unpaired) electrons. The Morgan fingerprint density at radius 3 is 1.50 bits per heavy atom. The van der Waals surface area contributed by atoms with Crippen LogP contribution in [0.1, 0.15) is 6.42 Å². The lowest BCUT2D eigenvalue weighted by molar-refractivity contribution is 0.606. The van der Waals surface area contributed by atoms with E-state index in [0.717, 1.165) is 0 Å². The smallest absolute Gasteiger partial charge is 0.0874 e. The van der Waals surface area contributed by atoms with E-state index >= 15 is 0 Å². The molecule has 0 aromatic heterocycles. The van der Waals surface area contributed by atoms with Crippen molar-refractivity contribution < 1.29 is 0 Å². The van der Waals surface area contributed by atoms with Gasteiger partial charge in [-0.3, -0.25) is 0 Å². The number of thioether (sulfide) groups is 4. The molecule has 0 unspecified atom stereocenters. The highest BCUT2D eigenvalue weighted by Crippen LogP contribution is 2.66. The van der Waals surface area contributed by atoms with Crippen LogP contribution in [0.3, 0.4) is 0 Å². The van der Waals surface area contributed by atoms with Gasteiger partial charge in [0.15, 0.2) is 0 Å². The van der Waals surface area contributed by atoms with Gasteiger partial charge in [0.05, 0.1) is 8.16 Å². The third kappa shape index (κ3) is 1.43. The fourth-order valence-corrected chi connectivity index (χ4v) is 7.39. The molecule has 1 rings (SSSR count). The molecule has 0 spiro atoms. The van der Waals surface area contributed by atoms with Gasteiger partial charge < -0.3 is 0 Å². The normalized spacial score (nSPS) is 25.0. The highest BCUT2D eigenvalue weighted by atomic mass is 32.2. The molecule has 0 nitrogen and oxygen atoms in total. The predicted molar refractivity (Wildman–Crippen MR) is 68.4 cm³/mol. The van der Waals surface area contributed by atoms with Gasteiger partial charge in [-0.1, -0.05) is 0 Å². The van der Waals surface area contributed by atoms with Gasteiger partial charge in [0.25, 0.3) is 0 Å². The summed E-state index contributed by atoms with van der Waals surface area (Å²) in [5, 5.41) is 0. The first-order valence-corrected chi connectivity index (χ1v) is 8.65. The zero-order valence-corrected chi connectivity index (χ0v) is 11.2. The van der Waals surface area contributed by atoms with Crippen molar-refractivity contribution in [3.8, 4) is 0 Å². The maximum absolute atomic E-state index is 2.45. The quantitative estimate of drug-likeness (QED) is 0.689. The van der Waals surface area contributed by atoms with E-state index in [0.29, 0.717) is 8.16 Å². The molecule has 0 bridgehead atoms. The molecule has 0 N–H and O–H groups in total. The maximum atomic E-state index is 2.45. The van der Waals surface area contributed by atoms with E-state index in [4.69, 9.17) is 0 Å². The van der Waals surface area contributed by atoms with E-state index < -0.39 is 0 Å². The Bertz CT molecular complexity index is 120. The van der Waals surface area contributed by atoms with Crippen molar-refractivity contribution in [2.24, 2.45) is 0 Å². The third-order valence-corrected chi connectivity index (χ3v) is 9.49. The van der Waals surface area contributed by atoms with Crippen LogP contribution in [0.5, 0.6) is 0 Å². The second kappa shape index (κ2) is 4.28. The van der Waals surface area contributed by atoms with Crippen molar-refractivity contribution in [3.05, 3.63) is 6.42 Å². The molecule has 0 aliphatic heterocycles. The summed E-state index contributed by atoms with van der Waals surface area (Å²) in [5.74, 6) is 0. The predicted octanol–water partition coefficient (Wildman–Crippen LogP) is 3.44. The van der Waals surface area contributed by atoms with E-state index in [1.54, 1.807) is 0 Å². The summed E-state index contributed by atoms with van der Waals surface area (Å²) >= 11 is 7.97. The van der Waals surface area contributed by atoms with Crippen LogP contribution < -0.4 is 0 Å². The van der Waals surface area contributed by atoms with E-state index in [9.17, 15) is 0 Å². The van der Waals surface area contributed by atoms with Crippen LogP contribution in [0.15, 0.2) is 0 Å². The van der Waals surface area contributed by atoms with Gasteiger partial charge in [-0.15, -0.1) is 47.0 Å². The van der Waals surface area contributed by atoms with E-state index in [2.05, 4.69) is 31.4 Å². The van der Waals surface area contributed by atoms with Gasteiger partial charge >= 0.3 is 0 Å². The van der Waals surface area contributed by atoms with Gasteiger partial charge in [-0.2, -0.15) is 0 Å². The summed E-state index contributed by atoms with van der Waals surface area (Å²) in [6.07, 6.45) is 12.6. The molecule has 0 aromatic rings.